The van der Waals surface area contributed by atoms with Crippen LogP contribution in [0.25, 0.3) is 0 Å². The highest BCUT2D eigenvalue weighted by molar-refractivity contribution is 9.10. The molecular weight excluding hydrogens is 285 g/mol. The summed E-state index contributed by atoms with van der Waals surface area (Å²) in [7, 11) is 0. The fourth-order valence-electron chi connectivity index (χ4n) is 2.20. The third kappa shape index (κ3) is 2.86. The Balaban J connectivity index is 2.12. The number of hydrogen-bond acceptors (Lipinski definition) is 1. The molecule has 1 aromatic carbocycles. The van der Waals surface area contributed by atoms with Crippen LogP contribution in [0.3, 0.4) is 0 Å². The van der Waals surface area contributed by atoms with E-state index in [-0.39, 0.29) is 17.6 Å². The molecule has 0 radical (unpaired) electrons. The number of benzene rings is 1. The first-order chi connectivity index (χ1) is 8.08. The van der Waals surface area contributed by atoms with E-state index in [2.05, 4.69) is 21.2 Å². The highest BCUT2D eigenvalue weighted by Crippen LogP contribution is 2.28. The lowest BCUT2D eigenvalue weighted by molar-refractivity contribution is -0.119. The molecule has 0 atom stereocenters. The standard InChI is InChI=1S/C13H15BrFNO/c1-8-6-11(15)10(14)7-12(8)16-13(17)9-4-2-3-5-9/h6-7,9H,2-5H2,1H3,(H,16,17). The summed E-state index contributed by atoms with van der Waals surface area (Å²) < 4.78 is 13.6. The van der Waals surface area contributed by atoms with Crippen LogP contribution in [0.4, 0.5) is 10.1 Å². The summed E-state index contributed by atoms with van der Waals surface area (Å²) in [6.45, 7) is 1.79. The maximum atomic E-state index is 13.2. The number of carbonyl (C=O) groups is 1. The molecule has 4 heteroatoms. The molecule has 0 spiro atoms. The van der Waals surface area contributed by atoms with Crippen LogP contribution in [0.1, 0.15) is 31.2 Å². The maximum Gasteiger partial charge on any atom is 0.227 e. The number of halogens is 2. The first-order valence-electron chi connectivity index (χ1n) is 5.84. The SMILES string of the molecule is Cc1cc(F)c(Br)cc1NC(=O)C1CCCC1. The molecule has 0 saturated heterocycles. The van der Waals surface area contributed by atoms with Crippen molar-refractivity contribution in [2.45, 2.75) is 32.6 Å². The van der Waals surface area contributed by atoms with Crippen LogP contribution in [0.2, 0.25) is 0 Å². The summed E-state index contributed by atoms with van der Waals surface area (Å²) in [4.78, 5) is 11.9. The number of amides is 1. The minimum absolute atomic E-state index is 0.0594. The Labute approximate surface area is 109 Å². The third-order valence-electron chi connectivity index (χ3n) is 3.25. The van der Waals surface area contributed by atoms with Gasteiger partial charge in [-0.05, 0) is 53.4 Å². The van der Waals surface area contributed by atoms with Crippen molar-refractivity contribution in [1.29, 1.82) is 0 Å². The molecule has 2 nitrogen and oxygen atoms in total. The van der Waals surface area contributed by atoms with Crippen LogP contribution in [0.5, 0.6) is 0 Å². The number of aryl methyl sites for hydroxylation is 1. The number of carbonyl (C=O) groups excluding carboxylic acids is 1. The lowest BCUT2D eigenvalue weighted by Crippen LogP contribution is -2.20. The Morgan fingerprint density at radius 3 is 2.71 bits per heavy atom. The average molecular weight is 300 g/mol. The van der Waals surface area contributed by atoms with Crippen molar-refractivity contribution in [1.82, 2.24) is 0 Å². The molecule has 0 aliphatic heterocycles. The summed E-state index contributed by atoms with van der Waals surface area (Å²) in [5.74, 6) is -0.122. The zero-order chi connectivity index (χ0) is 12.4. The first kappa shape index (κ1) is 12.6. The summed E-state index contributed by atoms with van der Waals surface area (Å²) >= 11 is 3.13. The summed E-state index contributed by atoms with van der Waals surface area (Å²) in [5.41, 5.74) is 1.44. The molecule has 92 valence electrons. The lowest BCUT2D eigenvalue weighted by Gasteiger charge is -2.13. The smallest absolute Gasteiger partial charge is 0.227 e. The average Bonchev–Trinajstić information content (AvgIpc) is 2.79. The van der Waals surface area contributed by atoms with Gasteiger partial charge in [-0.1, -0.05) is 12.8 Å². The minimum atomic E-state index is -0.304. The van der Waals surface area contributed by atoms with Gasteiger partial charge in [-0.3, -0.25) is 4.79 Å². The molecule has 0 bridgehead atoms. The highest BCUT2D eigenvalue weighted by atomic mass is 79.9. The topological polar surface area (TPSA) is 29.1 Å². The molecule has 1 N–H and O–H groups in total. The molecule has 0 heterocycles. The predicted octanol–water partition coefficient (Wildman–Crippen LogP) is 4.03. The largest absolute Gasteiger partial charge is 0.326 e. The van der Waals surface area contributed by atoms with E-state index in [1.54, 1.807) is 13.0 Å². The van der Waals surface area contributed by atoms with Gasteiger partial charge in [0.05, 0.1) is 4.47 Å². The number of rotatable bonds is 2. The van der Waals surface area contributed by atoms with Crippen molar-refractivity contribution < 1.29 is 9.18 Å². The van der Waals surface area contributed by atoms with Crippen LogP contribution in [-0.4, -0.2) is 5.91 Å². The summed E-state index contributed by atoms with van der Waals surface area (Å²) in [5, 5.41) is 2.88. The van der Waals surface area contributed by atoms with Crippen molar-refractivity contribution in [3.63, 3.8) is 0 Å². The van der Waals surface area contributed by atoms with Crippen molar-refractivity contribution >= 4 is 27.5 Å². The molecule has 0 aromatic heterocycles. The molecule has 1 aromatic rings. The van der Waals surface area contributed by atoms with Gasteiger partial charge in [-0.2, -0.15) is 0 Å². The monoisotopic (exact) mass is 299 g/mol. The van der Waals surface area contributed by atoms with Crippen molar-refractivity contribution in [3.8, 4) is 0 Å². The van der Waals surface area contributed by atoms with E-state index in [9.17, 15) is 9.18 Å². The molecule has 0 unspecified atom stereocenters. The molecule has 1 aliphatic carbocycles. The first-order valence-corrected chi connectivity index (χ1v) is 6.63. The number of nitrogens with one attached hydrogen (secondary N) is 1. The maximum absolute atomic E-state index is 13.2. The van der Waals surface area contributed by atoms with Gasteiger partial charge in [0.15, 0.2) is 0 Å². The van der Waals surface area contributed by atoms with Crippen molar-refractivity contribution in [2.75, 3.05) is 5.32 Å². The Morgan fingerprint density at radius 2 is 2.06 bits per heavy atom. The molecule has 17 heavy (non-hydrogen) atoms. The van der Waals surface area contributed by atoms with Crippen molar-refractivity contribution in [2.24, 2.45) is 5.92 Å². The van der Waals surface area contributed by atoms with Gasteiger partial charge in [-0.15, -0.1) is 0 Å². The quantitative estimate of drug-likeness (QED) is 0.878. The second-order valence-electron chi connectivity index (χ2n) is 4.55. The zero-order valence-corrected chi connectivity index (χ0v) is 11.3. The fraction of sp³-hybridized carbons (Fsp3) is 0.462. The number of anilines is 1. The molecule has 1 fully saturated rings. The molecular formula is C13H15BrFNO. The normalized spacial score (nSPS) is 16.2. The van der Waals surface area contributed by atoms with E-state index in [0.717, 1.165) is 31.2 Å². The van der Waals surface area contributed by atoms with Gasteiger partial charge in [0.1, 0.15) is 5.82 Å². The van der Waals surface area contributed by atoms with Crippen LogP contribution in [0, 0.1) is 18.7 Å². The minimum Gasteiger partial charge on any atom is -0.326 e. The van der Waals surface area contributed by atoms with Crippen LogP contribution < -0.4 is 5.32 Å². The van der Waals surface area contributed by atoms with Gasteiger partial charge in [0.2, 0.25) is 5.91 Å². The molecule has 1 saturated carbocycles. The van der Waals surface area contributed by atoms with Crippen LogP contribution in [0.15, 0.2) is 16.6 Å². The molecule has 1 aliphatic rings. The summed E-state index contributed by atoms with van der Waals surface area (Å²) in [6.07, 6.45) is 4.19. The van der Waals surface area contributed by atoms with Gasteiger partial charge < -0.3 is 5.32 Å². The molecule has 2 rings (SSSR count). The zero-order valence-electron chi connectivity index (χ0n) is 9.72. The Morgan fingerprint density at radius 1 is 1.41 bits per heavy atom. The van der Waals surface area contributed by atoms with Crippen LogP contribution >= 0.6 is 15.9 Å². The van der Waals surface area contributed by atoms with Gasteiger partial charge in [0.25, 0.3) is 0 Å². The van der Waals surface area contributed by atoms with E-state index in [4.69, 9.17) is 0 Å². The van der Waals surface area contributed by atoms with E-state index >= 15 is 0 Å². The van der Waals surface area contributed by atoms with E-state index < -0.39 is 0 Å². The van der Waals surface area contributed by atoms with Gasteiger partial charge >= 0.3 is 0 Å². The lowest BCUT2D eigenvalue weighted by atomic mass is 10.1. The third-order valence-corrected chi connectivity index (χ3v) is 3.86. The fourth-order valence-corrected chi connectivity index (χ4v) is 2.55. The van der Waals surface area contributed by atoms with Crippen LogP contribution in [-0.2, 0) is 4.79 Å². The van der Waals surface area contributed by atoms with Crippen molar-refractivity contribution in [3.05, 3.63) is 28.0 Å². The van der Waals surface area contributed by atoms with E-state index in [0.29, 0.717) is 10.2 Å². The van der Waals surface area contributed by atoms with Gasteiger partial charge in [-0.25, -0.2) is 4.39 Å². The highest BCUT2D eigenvalue weighted by Gasteiger charge is 2.23. The Bertz CT molecular complexity index is 441. The second-order valence-corrected chi connectivity index (χ2v) is 5.41. The predicted molar refractivity (Wildman–Crippen MR) is 69.4 cm³/mol. The summed E-state index contributed by atoms with van der Waals surface area (Å²) in [6, 6.07) is 3.05. The van der Waals surface area contributed by atoms with E-state index in [1.807, 2.05) is 0 Å². The van der Waals surface area contributed by atoms with Gasteiger partial charge in [0, 0.05) is 11.6 Å². The Kier molecular flexibility index (Phi) is 3.82. The van der Waals surface area contributed by atoms with E-state index in [1.165, 1.54) is 6.07 Å². The number of hydrogen-bond donors (Lipinski definition) is 1. The Hall–Kier alpha value is -0.900. The second kappa shape index (κ2) is 5.17. The molecule has 1 amide bonds.